The highest BCUT2D eigenvalue weighted by Gasteiger charge is 2.15. The standard InChI is InChI=1S/C11H10N4O2/c1-14(6-2-5-12)10-4-3-9(8-13)11(7-10)15(16)17/h3-4,7H,2,6H2,1H3. The third-order valence-electron chi connectivity index (χ3n) is 2.30. The molecule has 1 aromatic rings. The maximum Gasteiger partial charge on any atom is 0.289 e. The lowest BCUT2D eigenvalue weighted by Crippen LogP contribution is -2.18. The van der Waals surface area contributed by atoms with Gasteiger partial charge in [0.1, 0.15) is 11.6 Å². The van der Waals surface area contributed by atoms with Gasteiger partial charge in [-0.2, -0.15) is 10.5 Å². The molecule has 0 bridgehead atoms. The predicted octanol–water partition coefficient (Wildman–Crippen LogP) is 1.82. The molecule has 0 aliphatic carbocycles. The fourth-order valence-electron chi connectivity index (χ4n) is 1.35. The van der Waals surface area contributed by atoms with Gasteiger partial charge in [0.05, 0.1) is 17.4 Å². The average molecular weight is 230 g/mol. The second kappa shape index (κ2) is 5.47. The second-order valence-electron chi connectivity index (χ2n) is 3.40. The van der Waals surface area contributed by atoms with Crippen molar-refractivity contribution in [3.63, 3.8) is 0 Å². The summed E-state index contributed by atoms with van der Waals surface area (Å²) < 4.78 is 0. The first-order valence-corrected chi connectivity index (χ1v) is 4.86. The fourth-order valence-corrected chi connectivity index (χ4v) is 1.35. The average Bonchev–Trinajstić information content (AvgIpc) is 2.34. The van der Waals surface area contributed by atoms with Crippen LogP contribution in [-0.4, -0.2) is 18.5 Å². The van der Waals surface area contributed by atoms with Crippen molar-refractivity contribution in [1.29, 1.82) is 10.5 Å². The van der Waals surface area contributed by atoms with E-state index in [9.17, 15) is 10.1 Å². The first-order valence-electron chi connectivity index (χ1n) is 4.86. The number of nitriles is 2. The molecule has 0 aliphatic rings. The summed E-state index contributed by atoms with van der Waals surface area (Å²) in [5.41, 5.74) is 0.437. The van der Waals surface area contributed by atoms with E-state index >= 15 is 0 Å². The molecule has 86 valence electrons. The number of anilines is 1. The summed E-state index contributed by atoms with van der Waals surface area (Å²) in [5.74, 6) is 0. The first-order chi connectivity index (χ1) is 8.10. The lowest BCUT2D eigenvalue weighted by molar-refractivity contribution is -0.385. The van der Waals surface area contributed by atoms with Gasteiger partial charge in [0.15, 0.2) is 0 Å². The highest BCUT2D eigenvalue weighted by Crippen LogP contribution is 2.24. The first kappa shape index (κ1) is 12.5. The van der Waals surface area contributed by atoms with Gasteiger partial charge in [-0.05, 0) is 12.1 Å². The van der Waals surface area contributed by atoms with Crippen LogP contribution in [0.1, 0.15) is 12.0 Å². The van der Waals surface area contributed by atoms with E-state index < -0.39 is 4.92 Å². The molecule has 0 aromatic heterocycles. The number of nitro groups is 1. The van der Waals surface area contributed by atoms with Crippen LogP contribution in [0.4, 0.5) is 11.4 Å². The maximum atomic E-state index is 10.8. The summed E-state index contributed by atoms with van der Waals surface area (Å²) in [5, 5.41) is 27.9. The van der Waals surface area contributed by atoms with Crippen LogP contribution in [0.5, 0.6) is 0 Å². The number of hydrogen-bond donors (Lipinski definition) is 0. The van der Waals surface area contributed by atoms with Crippen LogP contribution >= 0.6 is 0 Å². The lowest BCUT2D eigenvalue weighted by atomic mass is 10.1. The maximum absolute atomic E-state index is 10.8. The molecule has 0 saturated heterocycles. The Balaban J connectivity index is 3.05. The predicted molar refractivity (Wildman–Crippen MR) is 61.3 cm³/mol. The van der Waals surface area contributed by atoms with Gasteiger partial charge in [0, 0.05) is 25.3 Å². The lowest BCUT2D eigenvalue weighted by Gasteiger charge is -2.17. The van der Waals surface area contributed by atoms with E-state index in [4.69, 9.17) is 10.5 Å². The van der Waals surface area contributed by atoms with E-state index in [0.717, 1.165) is 0 Å². The van der Waals surface area contributed by atoms with Crippen molar-refractivity contribution in [2.75, 3.05) is 18.5 Å². The largest absolute Gasteiger partial charge is 0.373 e. The topological polar surface area (TPSA) is 94.0 Å². The summed E-state index contributed by atoms with van der Waals surface area (Å²) in [6.07, 6.45) is 0.338. The van der Waals surface area contributed by atoms with Crippen LogP contribution in [0.25, 0.3) is 0 Å². The van der Waals surface area contributed by atoms with Gasteiger partial charge in [-0.3, -0.25) is 10.1 Å². The molecule has 0 heterocycles. The van der Waals surface area contributed by atoms with Crippen LogP contribution in [0.2, 0.25) is 0 Å². The molecule has 0 N–H and O–H groups in total. The molecule has 1 rings (SSSR count). The molecule has 0 atom stereocenters. The number of rotatable bonds is 4. The Hall–Kier alpha value is -2.60. The number of hydrogen-bond acceptors (Lipinski definition) is 5. The Morgan fingerprint density at radius 3 is 2.71 bits per heavy atom. The molecule has 6 nitrogen and oxygen atoms in total. The minimum absolute atomic E-state index is 0.0347. The van der Waals surface area contributed by atoms with E-state index in [2.05, 4.69) is 0 Å². The van der Waals surface area contributed by atoms with Gasteiger partial charge in [0.25, 0.3) is 5.69 Å². The Kier molecular flexibility index (Phi) is 4.02. The van der Waals surface area contributed by atoms with Crippen LogP contribution in [0, 0.1) is 32.8 Å². The summed E-state index contributed by atoms with van der Waals surface area (Å²) in [6, 6.07) is 8.16. The van der Waals surface area contributed by atoms with Gasteiger partial charge < -0.3 is 4.90 Å². The van der Waals surface area contributed by atoms with Crippen molar-refractivity contribution in [2.24, 2.45) is 0 Å². The zero-order valence-electron chi connectivity index (χ0n) is 9.25. The van der Waals surface area contributed by atoms with Crippen molar-refractivity contribution < 1.29 is 4.92 Å². The normalized spacial score (nSPS) is 9.12. The zero-order valence-corrected chi connectivity index (χ0v) is 9.25. The van der Waals surface area contributed by atoms with Crippen molar-refractivity contribution in [1.82, 2.24) is 0 Å². The minimum atomic E-state index is -0.583. The molecule has 0 amide bonds. The minimum Gasteiger partial charge on any atom is -0.373 e. The number of benzene rings is 1. The molecule has 17 heavy (non-hydrogen) atoms. The van der Waals surface area contributed by atoms with Crippen molar-refractivity contribution in [3.05, 3.63) is 33.9 Å². The molecule has 0 spiro atoms. The van der Waals surface area contributed by atoms with E-state index in [1.165, 1.54) is 12.1 Å². The molecule has 0 unspecified atom stereocenters. The SMILES string of the molecule is CN(CCC#N)c1ccc(C#N)c([N+](=O)[O-])c1. The Labute approximate surface area is 98.5 Å². The van der Waals surface area contributed by atoms with Crippen molar-refractivity contribution in [2.45, 2.75) is 6.42 Å². The Morgan fingerprint density at radius 2 is 2.18 bits per heavy atom. The van der Waals surface area contributed by atoms with E-state index in [0.29, 0.717) is 18.7 Å². The van der Waals surface area contributed by atoms with Gasteiger partial charge in [0.2, 0.25) is 0 Å². The molecule has 1 aromatic carbocycles. The van der Waals surface area contributed by atoms with Gasteiger partial charge >= 0.3 is 0 Å². The zero-order chi connectivity index (χ0) is 12.8. The summed E-state index contributed by atoms with van der Waals surface area (Å²) in [7, 11) is 1.74. The Morgan fingerprint density at radius 1 is 1.47 bits per heavy atom. The molecule has 0 aliphatic heterocycles. The van der Waals surface area contributed by atoms with Crippen LogP contribution in [-0.2, 0) is 0 Å². The fraction of sp³-hybridized carbons (Fsp3) is 0.273. The van der Waals surface area contributed by atoms with Crippen LogP contribution < -0.4 is 4.90 Å². The molecule has 6 heteroatoms. The van der Waals surface area contributed by atoms with E-state index in [1.807, 2.05) is 6.07 Å². The quantitative estimate of drug-likeness (QED) is 0.580. The highest BCUT2D eigenvalue weighted by molar-refractivity contribution is 5.60. The number of nitrogens with zero attached hydrogens (tertiary/aromatic N) is 4. The molecular formula is C11H10N4O2. The van der Waals surface area contributed by atoms with Gasteiger partial charge in [-0.1, -0.05) is 0 Å². The summed E-state index contributed by atoms with van der Waals surface area (Å²) >= 11 is 0. The Bertz CT molecular complexity index is 513. The van der Waals surface area contributed by atoms with Crippen molar-refractivity contribution in [3.8, 4) is 12.1 Å². The third-order valence-corrected chi connectivity index (χ3v) is 2.30. The summed E-state index contributed by atoms with van der Waals surface area (Å²) in [4.78, 5) is 11.9. The summed E-state index contributed by atoms with van der Waals surface area (Å²) in [6.45, 7) is 0.486. The third kappa shape index (κ3) is 2.93. The van der Waals surface area contributed by atoms with Gasteiger partial charge in [-0.15, -0.1) is 0 Å². The molecular weight excluding hydrogens is 220 g/mol. The van der Waals surface area contributed by atoms with Crippen molar-refractivity contribution >= 4 is 11.4 Å². The smallest absolute Gasteiger partial charge is 0.289 e. The van der Waals surface area contributed by atoms with Gasteiger partial charge in [-0.25, -0.2) is 0 Å². The monoisotopic (exact) mass is 230 g/mol. The van der Waals surface area contributed by atoms with Crippen LogP contribution in [0.15, 0.2) is 18.2 Å². The van der Waals surface area contributed by atoms with E-state index in [-0.39, 0.29) is 11.3 Å². The molecule has 0 fully saturated rings. The van der Waals surface area contributed by atoms with E-state index in [1.54, 1.807) is 24.1 Å². The highest BCUT2D eigenvalue weighted by atomic mass is 16.6. The van der Waals surface area contributed by atoms with Crippen LogP contribution in [0.3, 0.4) is 0 Å². The molecule has 0 radical (unpaired) electrons. The second-order valence-corrected chi connectivity index (χ2v) is 3.40. The number of nitro benzene ring substituents is 1. The molecule has 0 saturated carbocycles.